The Hall–Kier alpha value is -1.75. The van der Waals surface area contributed by atoms with Crippen molar-refractivity contribution in [1.82, 2.24) is 5.32 Å². The normalized spacial score (nSPS) is 16.8. The molecule has 0 bridgehead atoms. The lowest BCUT2D eigenvalue weighted by Gasteiger charge is -2.24. The third kappa shape index (κ3) is 5.63. The van der Waals surface area contributed by atoms with Crippen molar-refractivity contribution < 1.29 is 14.2 Å². The van der Waals surface area contributed by atoms with Gasteiger partial charge in [0.2, 0.25) is 0 Å². The molecule has 1 N–H and O–H groups in total. The number of morpholine rings is 1. The van der Waals surface area contributed by atoms with Gasteiger partial charge in [-0.1, -0.05) is 36.4 Å². The van der Waals surface area contributed by atoms with Crippen LogP contribution in [-0.4, -0.2) is 39.5 Å². The Labute approximate surface area is 155 Å². The lowest BCUT2D eigenvalue weighted by Crippen LogP contribution is -2.41. The van der Waals surface area contributed by atoms with Gasteiger partial charge >= 0.3 is 0 Å². The minimum atomic E-state index is 0. The van der Waals surface area contributed by atoms with Crippen molar-refractivity contribution >= 4 is 12.4 Å². The van der Waals surface area contributed by atoms with Crippen LogP contribution in [0, 0.1) is 0 Å². The summed E-state index contributed by atoms with van der Waals surface area (Å²) in [5.74, 6) is 1.89. The van der Waals surface area contributed by atoms with Crippen molar-refractivity contribution in [2.75, 3.05) is 33.4 Å². The molecular formula is C20H26ClNO3. The summed E-state index contributed by atoms with van der Waals surface area (Å²) in [6.45, 7) is 3.11. The minimum Gasteiger partial charge on any atom is -0.496 e. The van der Waals surface area contributed by atoms with Gasteiger partial charge < -0.3 is 19.5 Å². The van der Waals surface area contributed by atoms with Crippen molar-refractivity contribution in [1.29, 1.82) is 0 Å². The van der Waals surface area contributed by atoms with Crippen LogP contribution in [-0.2, 0) is 17.6 Å². The summed E-state index contributed by atoms with van der Waals surface area (Å²) in [6, 6.07) is 16.4. The smallest absolute Gasteiger partial charge is 0.122 e. The molecule has 3 rings (SSSR count). The molecule has 0 unspecified atom stereocenters. The Bertz CT molecular complexity index is 644. The van der Waals surface area contributed by atoms with E-state index in [1.165, 1.54) is 11.1 Å². The van der Waals surface area contributed by atoms with Gasteiger partial charge in [0.25, 0.3) is 0 Å². The first kappa shape index (κ1) is 19.6. The van der Waals surface area contributed by atoms with Crippen LogP contribution >= 0.6 is 12.4 Å². The average Bonchev–Trinajstić information content (AvgIpc) is 2.66. The molecule has 0 spiro atoms. The van der Waals surface area contributed by atoms with Crippen molar-refractivity contribution in [3.63, 3.8) is 0 Å². The summed E-state index contributed by atoms with van der Waals surface area (Å²) < 4.78 is 17.2. The lowest BCUT2D eigenvalue weighted by atomic mass is 10.0. The minimum absolute atomic E-state index is 0. The van der Waals surface area contributed by atoms with Crippen LogP contribution in [0.25, 0.3) is 0 Å². The first-order valence-electron chi connectivity index (χ1n) is 8.51. The molecule has 0 amide bonds. The number of aryl methyl sites for hydroxylation is 2. The highest BCUT2D eigenvalue weighted by atomic mass is 35.5. The van der Waals surface area contributed by atoms with Gasteiger partial charge in [-0.3, -0.25) is 0 Å². The van der Waals surface area contributed by atoms with E-state index in [1.54, 1.807) is 7.11 Å². The average molecular weight is 364 g/mol. The molecule has 136 valence electrons. The molecule has 4 nitrogen and oxygen atoms in total. The van der Waals surface area contributed by atoms with Crippen molar-refractivity contribution in [3.8, 4) is 11.5 Å². The molecule has 1 aliphatic heterocycles. The van der Waals surface area contributed by atoms with Gasteiger partial charge in [-0.2, -0.15) is 0 Å². The summed E-state index contributed by atoms with van der Waals surface area (Å²) >= 11 is 0. The summed E-state index contributed by atoms with van der Waals surface area (Å²) in [6.07, 6.45) is 1.97. The molecule has 1 heterocycles. The molecule has 5 heteroatoms. The number of hydrogen-bond donors (Lipinski definition) is 1. The fourth-order valence-corrected chi connectivity index (χ4v) is 2.94. The third-order valence-electron chi connectivity index (χ3n) is 4.26. The molecule has 1 atom stereocenters. The summed E-state index contributed by atoms with van der Waals surface area (Å²) in [7, 11) is 1.72. The molecule has 1 saturated heterocycles. The van der Waals surface area contributed by atoms with E-state index in [4.69, 9.17) is 14.2 Å². The van der Waals surface area contributed by atoms with Crippen molar-refractivity contribution in [3.05, 3.63) is 59.7 Å². The van der Waals surface area contributed by atoms with Crippen LogP contribution in [0.4, 0.5) is 0 Å². The van der Waals surface area contributed by atoms with E-state index in [9.17, 15) is 0 Å². The maximum atomic E-state index is 6.03. The predicted octanol–water partition coefficient (Wildman–Crippen LogP) is 3.27. The third-order valence-corrected chi connectivity index (χ3v) is 4.26. The first-order chi connectivity index (χ1) is 11.9. The van der Waals surface area contributed by atoms with Crippen molar-refractivity contribution in [2.45, 2.75) is 18.9 Å². The van der Waals surface area contributed by atoms with Gasteiger partial charge in [0.05, 0.1) is 13.7 Å². The molecule has 1 fully saturated rings. The fourth-order valence-electron chi connectivity index (χ4n) is 2.94. The standard InChI is InChI=1S/C20H25NO3.ClH/c1-22-19-8-4-2-6-16(19)10-11-17-7-3-5-9-20(17)24-15-18-14-21-12-13-23-18;/h2-9,18,21H,10-15H2,1H3;1H/t18-;/m1./s1. The first-order valence-corrected chi connectivity index (χ1v) is 8.51. The number of methoxy groups -OCH3 is 1. The second-order valence-electron chi connectivity index (χ2n) is 5.93. The number of rotatable bonds is 7. The molecule has 25 heavy (non-hydrogen) atoms. The number of benzene rings is 2. The Morgan fingerprint density at radius 1 is 1.00 bits per heavy atom. The monoisotopic (exact) mass is 363 g/mol. The van der Waals surface area contributed by atoms with Crippen LogP contribution in [0.3, 0.4) is 0 Å². The lowest BCUT2D eigenvalue weighted by molar-refractivity contribution is 0.0000136. The number of ether oxygens (including phenoxy) is 3. The van der Waals surface area contributed by atoms with Gasteiger partial charge in [0.15, 0.2) is 0 Å². The molecule has 0 saturated carbocycles. The zero-order valence-corrected chi connectivity index (χ0v) is 15.4. The predicted molar refractivity (Wildman–Crippen MR) is 102 cm³/mol. The van der Waals surface area contributed by atoms with Crippen LogP contribution < -0.4 is 14.8 Å². The maximum absolute atomic E-state index is 6.03. The van der Waals surface area contributed by atoms with E-state index in [1.807, 2.05) is 30.3 Å². The van der Waals surface area contributed by atoms with Gasteiger partial charge in [-0.25, -0.2) is 0 Å². The molecule has 1 aliphatic rings. The van der Waals surface area contributed by atoms with Crippen LogP contribution in [0.2, 0.25) is 0 Å². The molecule has 0 aliphatic carbocycles. The Balaban J connectivity index is 0.00000225. The van der Waals surface area contributed by atoms with Gasteiger partial charge in [0, 0.05) is 13.1 Å². The molecule has 0 radical (unpaired) electrons. The van der Waals surface area contributed by atoms with Crippen LogP contribution in [0.15, 0.2) is 48.5 Å². The Morgan fingerprint density at radius 2 is 1.64 bits per heavy atom. The van der Waals surface area contributed by atoms with E-state index in [-0.39, 0.29) is 18.5 Å². The number of nitrogens with one attached hydrogen (secondary N) is 1. The van der Waals surface area contributed by atoms with Gasteiger partial charge in [0.1, 0.15) is 24.2 Å². The topological polar surface area (TPSA) is 39.7 Å². The van der Waals surface area contributed by atoms with Gasteiger partial charge in [-0.15, -0.1) is 12.4 Å². The van der Waals surface area contributed by atoms with E-state index in [2.05, 4.69) is 23.5 Å². The summed E-state index contributed by atoms with van der Waals surface area (Å²) in [5, 5.41) is 3.33. The Kier molecular flexibility index (Phi) is 8.06. The second kappa shape index (κ2) is 10.3. The highest BCUT2D eigenvalue weighted by Crippen LogP contribution is 2.24. The fraction of sp³-hybridized carbons (Fsp3) is 0.400. The number of hydrogen-bond acceptors (Lipinski definition) is 4. The zero-order chi connectivity index (χ0) is 16.6. The molecular weight excluding hydrogens is 338 g/mol. The van der Waals surface area contributed by atoms with E-state index < -0.39 is 0 Å². The largest absolute Gasteiger partial charge is 0.496 e. The molecule has 2 aromatic carbocycles. The highest BCUT2D eigenvalue weighted by molar-refractivity contribution is 5.85. The van der Waals surface area contributed by atoms with E-state index in [0.29, 0.717) is 6.61 Å². The van der Waals surface area contributed by atoms with Gasteiger partial charge in [-0.05, 0) is 36.1 Å². The van der Waals surface area contributed by atoms with Crippen molar-refractivity contribution in [2.24, 2.45) is 0 Å². The second-order valence-corrected chi connectivity index (χ2v) is 5.93. The molecule has 0 aromatic heterocycles. The van der Waals surface area contributed by atoms with Crippen LogP contribution in [0.1, 0.15) is 11.1 Å². The number of para-hydroxylation sites is 2. The van der Waals surface area contributed by atoms with E-state index in [0.717, 1.165) is 44.0 Å². The number of halogens is 1. The van der Waals surface area contributed by atoms with Crippen LogP contribution in [0.5, 0.6) is 11.5 Å². The SMILES string of the molecule is COc1ccccc1CCc1ccccc1OC[C@H]1CNCCO1.Cl. The molecule has 2 aromatic rings. The summed E-state index contributed by atoms with van der Waals surface area (Å²) in [4.78, 5) is 0. The van der Waals surface area contributed by atoms with E-state index >= 15 is 0 Å². The highest BCUT2D eigenvalue weighted by Gasteiger charge is 2.15. The zero-order valence-electron chi connectivity index (χ0n) is 14.6. The Morgan fingerprint density at radius 3 is 2.28 bits per heavy atom. The maximum Gasteiger partial charge on any atom is 0.122 e. The quantitative estimate of drug-likeness (QED) is 0.819. The summed E-state index contributed by atoms with van der Waals surface area (Å²) in [5.41, 5.74) is 2.43.